The van der Waals surface area contributed by atoms with Gasteiger partial charge in [-0.15, -0.1) is 11.8 Å². The van der Waals surface area contributed by atoms with Crippen molar-refractivity contribution in [1.29, 1.82) is 0 Å². The van der Waals surface area contributed by atoms with Crippen molar-refractivity contribution in [3.63, 3.8) is 0 Å². The number of rotatable bonds is 20. The van der Waals surface area contributed by atoms with E-state index in [0.29, 0.717) is 5.75 Å². The Morgan fingerprint density at radius 1 is 0.567 bits per heavy atom. The Morgan fingerprint density at radius 2 is 0.933 bits per heavy atom. The predicted molar refractivity (Wildman–Crippen MR) is 137 cm³/mol. The van der Waals surface area contributed by atoms with E-state index < -0.39 is 0 Å². The summed E-state index contributed by atoms with van der Waals surface area (Å²) in [5, 5.41) is 10.2. The van der Waals surface area contributed by atoms with Gasteiger partial charge in [0.05, 0.1) is 0 Å². The van der Waals surface area contributed by atoms with Crippen LogP contribution in [0.25, 0.3) is 0 Å². The molecule has 0 spiro atoms. The van der Waals surface area contributed by atoms with Crippen LogP contribution in [0, 0.1) is 0 Å². The topological polar surface area (TPSA) is 20.2 Å². The van der Waals surface area contributed by atoms with E-state index in [1.807, 2.05) is 11.8 Å². The van der Waals surface area contributed by atoms with Crippen LogP contribution in [-0.2, 0) is 12.8 Å². The van der Waals surface area contributed by atoms with Gasteiger partial charge >= 0.3 is 0 Å². The smallest absolute Gasteiger partial charge is 0.122 e. The Labute approximate surface area is 192 Å². The normalized spacial score (nSPS) is 11.3. The summed E-state index contributed by atoms with van der Waals surface area (Å²) >= 11 is 1.96. The number of unbranched alkanes of at least 4 members (excludes halogenated alkanes) is 15. The number of phenols is 1. The highest BCUT2D eigenvalue weighted by Gasteiger charge is 2.07. The van der Waals surface area contributed by atoms with Crippen LogP contribution in [0.2, 0.25) is 0 Å². The van der Waals surface area contributed by atoms with Crippen molar-refractivity contribution in [3.8, 4) is 5.75 Å². The molecule has 1 aromatic rings. The molecule has 1 nitrogen and oxygen atoms in total. The molecule has 174 valence electrons. The van der Waals surface area contributed by atoms with Crippen LogP contribution in [0.15, 0.2) is 17.0 Å². The fraction of sp³-hybridized carbons (Fsp3) is 0.786. The van der Waals surface area contributed by atoms with Gasteiger partial charge in [-0.1, -0.05) is 117 Å². The lowest BCUT2D eigenvalue weighted by Crippen LogP contribution is -1.91. The Hall–Kier alpha value is -0.630. The lowest BCUT2D eigenvalue weighted by atomic mass is 10.0. The van der Waals surface area contributed by atoms with Gasteiger partial charge in [-0.2, -0.15) is 0 Å². The average molecular weight is 435 g/mol. The van der Waals surface area contributed by atoms with Gasteiger partial charge in [0, 0.05) is 4.90 Å². The molecule has 30 heavy (non-hydrogen) atoms. The average Bonchev–Trinajstić information content (AvgIpc) is 2.76. The fourth-order valence-corrected chi connectivity index (χ4v) is 5.23. The maximum atomic E-state index is 10.2. The molecule has 0 aliphatic carbocycles. The number of thioether (sulfide) groups is 1. The van der Waals surface area contributed by atoms with Gasteiger partial charge in [0.25, 0.3) is 0 Å². The Morgan fingerprint density at radius 3 is 1.30 bits per heavy atom. The van der Waals surface area contributed by atoms with Gasteiger partial charge in [-0.05, 0) is 48.3 Å². The highest BCUT2D eigenvalue weighted by Crippen LogP contribution is 2.31. The zero-order valence-corrected chi connectivity index (χ0v) is 21.3. The standard InChI is InChI=1S/C28H50OS/c1-4-7-8-9-10-11-12-13-14-15-16-17-18-19-20-21-22-30-27-23-25(5-2)28(29)26(6-3)24-27/h23-24,29H,4-22H2,1-3H3. The second kappa shape index (κ2) is 19.1. The molecule has 0 saturated carbocycles. The molecule has 1 aromatic carbocycles. The highest BCUT2D eigenvalue weighted by molar-refractivity contribution is 7.99. The van der Waals surface area contributed by atoms with E-state index in [1.54, 1.807) is 0 Å². The zero-order valence-electron chi connectivity index (χ0n) is 20.4. The second-order valence-electron chi connectivity index (χ2n) is 8.95. The SMILES string of the molecule is CCCCCCCCCCCCCCCCCCSc1cc(CC)c(O)c(CC)c1. The van der Waals surface area contributed by atoms with Crippen molar-refractivity contribution in [2.45, 2.75) is 141 Å². The zero-order chi connectivity index (χ0) is 21.9. The molecule has 0 heterocycles. The van der Waals surface area contributed by atoms with Crippen LogP contribution in [0.1, 0.15) is 135 Å². The van der Waals surface area contributed by atoms with E-state index in [2.05, 4.69) is 32.9 Å². The molecule has 0 fully saturated rings. The van der Waals surface area contributed by atoms with Crippen molar-refractivity contribution in [1.82, 2.24) is 0 Å². The Balaban J connectivity index is 1.91. The minimum Gasteiger partial charge on any atom is -0.507 e. The van der Waals surface area contributed by atoms with E-state index in [-0.39, 0.29) is 0 Å². The largest absolute Gasteiger partial charge is 0.507 e. The lowest BCUT2D eigenvalue weighted by molar-refractivity contribution is 0.461. The maximum Gasteiger partial charge on any atom is 0.122 e. The molecule has 0 aliphatic heterocycles. The molecular formula is C28H50OS. The fourth-order valence-electron chi connectivity index (χ4n) is 4.19. The molecule has 1 rings (SSSR count). The number of hydrogen-bond donors (Lipinski definition) is 1. The number of aryl methyl sites for hydroxylation is 2. The van der Waals surface area contributed by atoms with Crippen molar-refractivity contribution >= 4 is 11.8 Å². The van der Waals surface area contributed by atoms with Gasteiger partial charge in [-0.25, -0.2) is 0 Å². The van der Waals surface area contributed by atoms with Crippen LogP contribution >= 0.6 is 11.8 Å². The van der Waals surface area contributed by atoms with Crippen LogP contribution in [-0.4, -0.2) is 10.9 Å². The molecular weight excluding hydrogens is 384 g/mol. The van der Waals surface area contributed by atoms with E-state index in [1.165, 1.54) is 113 Å². The van der Waals surface area contributed by atoms with Crippen LogP contribution in [0.4, 0.5) is 0 Å². The molecule has 0 aromatic heterocycles. The summed E-state index contributed by atoms with van der Waals surface area (Å²) in [5.41, 5.74) is 2.20. The summed E-state index contributed by atoms with van der Waals surface area (Å²) in [6, 6.07) is 4.37. The van der Waals surface area contributed by atoms with Crippen LogP contribution in [0.3, 0.4) is 0 Å². The van der Waals surface area contributed by atoms with Crippen molar-refractivity contribution < 1.29 is 5.11 Å². The summed E-state index contributed by atoms with van der Waals surface area (Å²) in [4.78, 5) is 1.34. The summed E-state index contributed by atoms with van der Waals surface area (Å²) in [7, 11) is 0. The molecule has 2 heteroatoms. The van der Waals surface area contributed by atoms with E-state index >= 15 is 0 Å². The monoisotopic (exact) mass is 434 g/mol. The summed E-state index contributed by atoms with van der Waals surface area (Å²) in [6.07, 6.45) is 24.6. The molecule has 0 bridgehead atoms. The Bertz CT molecular complexity index is 500. The van der Waals surface area contributed by atoms with Crippen molar-refractivity contribution in [2.24, 2.45) is 0 Å². The molecule has 0 aliphatic rings. The van der Waals surface area contributed by atoms with Crippen molar-refractivity contribution in [2.75, 3.05) is 5.75 Å². The third-order valence-corrected chi connectivity index (χ3v) is 7.33. The predicted octanol–water partition coefficient (Wildman–Crippen LogP) is 9.87. The number of benzene rings is 1. The molecule has 0 radical (unpaired) electrons. The number of phenolic OH excluding ortho intramolecular Hbond substituents is 1. The number of aromatic hydroxyl groups is 1. The van der Waals surface area contributed by atoms with E-state index in [9.17, 15) is 5.11 Å². The summed E-state index contributed by atoms with van der Waals surface area (Å²) in [5.74, 6) is 1.72. The maximum absolute atomic E-state index is 10.2. The van der Waals surface area contributed by atoms with E-state index in [0.717, 1.165) is 24.0 Å². The molecule has 1 N–H and O–H groups in total. The minimum absolute atomic E-state index is 0.520. The quantitative estimate of drug-likeness (QED) is 0.163. The molecule has 0 saturated heterocycles. The first-order chi connectivity index (χ1) is 14.7. The molecule has 0 atom stereocenters. The highest BCUT2D eigenvalue weighted by atomic mass is 32.2. The Kier molecular flexibility index (Phi) is 17.4. The van der Waals surface area contributed by atoms with Gasteiger partial charge in [-0.3, -0.25) is 0 Å². The van der Waals surface area contributed by atoms with Crippen LogP contribution < -0.4 is 0 Å². The van der Waals surface area contributed by atoms with Gasteiger partial charge < -0.3 is 5.11 Å². The van der Waals surface area contributed by atoms with Gasteiger partial charge in [0.2, 0.25) is 0 Å². The van der Waals surface area contributed by atoms with Gasteiger partial charge in [0.15, 0.2) is 0 Å². The summed E-state index contributed by atoms with van der Waals surface area (Å²) in [6.45, 7) is 6.54. The van der Waals surface area contributed by atoms with Crippen molar-refractivity contribution in [3.05, 3.63) is 23.3 Å². The van der Waals surface area contributed by atoms with Crippen LogP contribution in [0.5, 0.6) is 5.75 Å². The third kappa shape index (κ3) is 12.9. The lowest BCUT2D eigenvalue weighted by Gasteiger charge is -2.11. The first-order valence-corrected chi connectivity index (χ1v) is 14.2. The minimum atomic E-state index is 0.520. The first kappa shape index (κ1) is 27.4. The number of hydrogen-bond acceptors (Lipinski definition) is 2. The second-order valence-corrected chi connectivity index (χ2v) is 10.1. The summed E-state index contributed by atoms with van der Waals surface area (Å²) < 4.78 is 0. The first-order valence-electron chi connectivity index (χ1n) is 13.2. The third-order valence-electron chi connectivity index (χ3n) is 6.27. The van der Waals surface area contributed by atoms with Gasteiger partial charge in [0.1, 0.15) is 5.75 Å². The molecule has 0 unspecified atom stereocenters. The van der Waals surface area contributed by atoms with E-state index in [4.69, 9.17) is 0 Å². The molecule has 0 amide bonds.